The number of methoxy groups -OCH3 is 1. The predicted octanol–water partition coefficient (Wildman–Crippen LogP) is 3.13. The van der Waals surface area contributed by atoms with Crippen LogP contribution in [0.15, 0.2) is 22.7 Å². The van der Waals surface area contributed by atoms with Crippen molar-refractivity contribution in [2.75, 3.05) is 14.2 Å². The van der Waals surface area contributed by atoms with Crippen molar-refractivity contribution in [3.63, 3.8) is 0 Å². The van der Waals surface area contributed by atoms with E-state index in [2.05, 4.69) is 34.2 Å². The Bertz CT molecular complexity index is 297. The molecule has 1 unspecified atom stereocenters. The van der Waals surface area contributed by atoms with Gasteiger partial charge in [-0.15, -0.1) is 0 Å². The van der Waals surface area contributed by atoms with Crippen molar-refractivity contribution in [2.45, 2.75) is 19.4 Å². The summed E-state index contributed by atoms with van der Waals surface area (Å²) in [5.41, 5.74) is 1.21. The van der Waals surface area contributed by atoms with E-state index in [1.165, 1.54) is 5.56 Å². The van der Waals surface area contributed by atoms with Gasteiger partial charge in [0.1, 0.15) is 5.75 Å². The molecule has 1 N–H and O–H groups in total. The quantitative estimate of drug-likeness (QED) is 0.895. The molecule has 3 heteroatoms. The molecule has 0 fully saturated rings. The van der Waals surface area contributed by atoms with Crippen LogP contribution in [-0.2, 0) is 0 Å². The first-order valence-corrected chi connectivity index (χ1v) is 5.53. The van der Waals surface area contributed by atoms with Crippen LogP contribution < -0.4 is 10.1 Å². The van der Waals surface area contributed by atoms with Crippen LogP contribution in [0.4, 0.5) is 0 Å². The highest BCUT2D eigenvalue weighted by atomic mass is 79.9. The smallest absolute Gasteiger partial charge is 0.124 e. The third-order valence-corrected chi connectivity index (χ3v) is 2.82. The molecule has 0 aliphatic rings. The number of halogens is 1. The maximum Gasteiger partial charge on any atom is 0.124 e. The van der Waals surface area contributed by atoms with Gasteiger partial charge in [-0.25, -0.2) is 0 Å². The number of benzene rings is 1. The Balaban J connectivity index is 3.06. The van der Waals surface area contributed by atoms with Crippen molar-refractivity contribution in [1.29, 1.82) is 0 Å². The van der Waals surface area contributed by atoms with E-state index in [9.17, 15) is 0 Å². The van der Waals surface area contributed by atoms with Crippen molar-refractivity contribution in [3.05, 3.63) is 28.2 Å². The first-order valence-electron chi connectivity index (χ1n) is 4.73. The second-order valence-electron chi connectivity index (χ2n) is 3.14. The molecular weight excluding hydrogens is 242 g/mol. The molecule has 1 atom stereocenters. The zero-order chi connectivity index (χ0) is 10.6. The Morgan fingerprint density at radius 2 is 2.21 bits per heavy atom. The molecule has 0 radical (unpaired) electrons. The summed E-state index contributed by atoms with van der Waals surface area (Å²) in [7, 11) is 3.67. The van der Waals surface area contributed by atoms with Gasteiger partial charge in [-0.1, -0.05) is 28.9 Å². The molecule has 0 amide bonds. The molecular formula is C11H16BrNO. The van der Waals surface area contributed by atoms with E-state index in [-0.39, 0.29) is 0 Å². The molecule has 0 aromatic heterocycles. The fourth-order valence-corrected chi connectivity index (χ4v) is 1.89. The Kier molecular flexibility index (Phi) is 4.42. The Hall–Kier alpha value is -0.540. The van der Waals surface area contributed by atoms with Crippen molar-refractivity contribution in [1.82, 2.24) is 5.32 Å². The number of hydrogen-bond donors (Lipinski definition) is 1. The third kappa shape index (κ3) is 2.49. The van der Waals surface area contributed by atoms with Crippen LogP contribution in [-0.4, -0.2) is 14.2 Å². The molecule has 0 saturated heterocycles. The largest absolute Gasteiger partial charge is 0.496 e. The standard InChI is InChI=1S/C11H16BrNO/c1-4-10(13-2)9-6-5-8(12)7-11(9)14-3/h5-7,10,13H,4H2,1-3H3. The Morgan fingerprint density at radius 3 is 2.71 bits per heavy atom. The third-order valence-electron chi connectivity index (χ3n) is 2.33. The van der Waals surface area contributed by atoms with E-state index in [4.69, 9.17) is 4.74 Å². The Morgan fingerprint density at radius 1 is 1.50 bits per heavy atom. The minimum atomic E-state index is 0.359. The van der Waals surface area contributed by atoms with E-state index in [1.807, 2.05) is 19.2 Å². The fraction of sp³-hybridized carbons (Fsp3) is 0.455. The topological polar surface area (TPSA) is 21.3 Å². The van der Waals surface area contributed by atoms with E-state index < -0.39 is 0 Å². The average molecular weight is 258 g/mol. The molecule has 1 aromatic carbocycles. The lowest BCUT2D eigenvalue weighted by molar-refractivity contribution is 0.400. The van der Waals surface area contributed by atoms with Gasteiger partial charge in [0, 0.05) is 16.1 Å². The molecule has 0 aliphatic carbocycles. The summed E-state index contributed by atoms with van der Waals surface area (Å²) >= 11 is 3.43. The number of hydrogen-bond acceptors (Lipinski definition) is 2. The summed E-state index contributed by atoms with van der Waals surface area (Å²) < 4.78 is 6.39. The molecule has 1 rings (SSSR count). The van der Waals surface area contributed by atoms with Crippen LogP contribution in [0.5, 0.6) is 5.75 Å². The summed E-state index contributed by atoms with van der Waals surface area (Å²) in [6.45, 7) is 2.16. The Labute approximate surface area is 93.8 Å². The van der Waals surface area contributed by atoms with E-state index in [0.29, 0.717) is 6.04 Å². The number of nitrogens with one attached hydrogen (secondary N) is 1. The normalized spacial score (nSPS) is 12.6. The summed E-state index contributed by atoms with van der Waals surface area (Å²) in [4.78, 5) is 0. The zero-order valence-electron chi connectivity index (χ0n) is 8.80. The van der Waals surface area contributed by atoms with Gasteiger partial charge in [-0.05, 0) is 25.6 Å². The summed E-state index contributed by atoms with van der Waals surface area (Å²) in [5, 5.41) is 3.27. The SMILES string of the molecule is CCC(NC)c1ccc(Br)cc1OC. The molecule has 0 bridgehead atoms. The molecule has 0 spiro atoms. The van der Waals surface area contributed by atoms with E-state index in [1.54, 1.807) is 7.11 Å². The molecule has 0 aliphatic heterocycles. The van der Waals surface area contributed by atoms with Crippen molar-refractivity contribution in [2.24, 2.45) is 0 Å². The van der Waals surface area contributed by atoms with Crippen molar-refractivity contribution in [3.8, 4) is 5.75 Å². The first-order chi connectivity index (χ1) is 6.72. The fourth-order valence-electron chi connectivity index (χ4n) is 1.55. The highest BCUT2D eigenvalue weighted by Crippen LogP contribution is 2.29. The highest BCUT2D eigenvalue weighted by molar-refractivity contribution is 9.10. The lowest BCUT2D eigenvalue weighted by Gasteiger charge is -2.17. The lowest BCUT2D eigenvalue weighted by Crippen LogP contribution is -2.16. The second-order valence-corrected chi connectivity index (χ2v) is 4.05. The summed E-state index contributed by atoms with van der Waals surface area (Å²) in [5.74, 6) is 0.931. The summed E-state index contributed by atoms with van der Waals surface area (Å²) in [6, 6.07) is 6.49. The van der Waals surface area contributed by atoms with Crippen LogP contribution >= 0.6 is 15.9 Å². The molecule has 14 heavy (non-hydrogen) atoms. The van der Waals surface area contributed by atoms with Gasteiger partial charge in [0.25, 0.3) is 0 Å². The minimum absolute atomic E-state index is 0.359. The molecule has 1 aromatic rings. The van der Waals surface area contributed by atoms with Gasteiger partial charge < -0.3 is 10.1 Å². The van der Waals surface area contributed by atoms with E-state index >= 15 is 0 Å². The molecule has 2 nitrogen and oxygen atoms in total. The predicted molar refractivity (Wildman–Crippen MR) is 62.8 cm³/mol. The first kappa shape index (κ1) is 11.5. The minimum Gasteiger partial charge on any atom is -0.496 e. The van der Waals surface area contributed by atoms with Crippen LogP contribution in [0.25, 0.3) is 0 Å². The van der Waals surface area contributed by atoms with Crippen LogP contribution in [0, 0.1) is 0 Å². The van der Waals surface area contributed by atoms with Gasteiger partial charge in [-0.3, -0.25) is 0 Å². The maximum absolute atomic E-state index is 5.34. The molecule has 0 saturated carbocycles. The van der Waals surface area contributed by atoms with Crippen LogP contribution in [0.1, 0.15) is 24.9 Å². The van der Waals surface area contributed by atoms with Crippen LogP contribution in [0.3, 0.4) is 0 Å². The van der Waals surface area contributed by atoms with Gasteiger partial charge >= 0.3 is 0 Å². The van der Waals surface area contributed by atoms with Crippen molar-refractivity contribution >= 4 is 15.9 Å². The number of ether oxygens (including phenoxy) is 1. The van der Waals surface area contributed by atoms with Gasteiger partial charge in [0.15, 0.2) is 0 Å². The summed E-state index contributed by atoms with van der Waals surface area (Å²) in [6.07, 6.45) is 1.05. The maximum atomic E-state index is 5.34. The molecule has 0 heterocycles. The van der Waals surface area contributed by atoms with Gasteiger partial charge in [0.2, 0.25) is 0 Å². The zero-order valence-corrected chi connectivity index (χ0v) is 10.4. The van der Waals surface area contributed by atoms with Crippen molar-refractivity contribution < 1.29 is 4.74 Å². The average Bonchev–Trinajstić information content (AvgIpc) is 2.21. The lowest BCUT2D eigenvalue weighted by atomic mass is 10.0. The van der Waals surface area contributed by atoms with Gasteiger partial charge in [0.05, 0.1) is 7.11 Å². The number of rotatable bonds is 4. The molecule has 78 valence electrons. The van der Waals surface area contributed by atoms with Gasteiger partial charge in [-0.2, -0.15) is 0 Å². The van der Waals surface area contributed by atoms with E-state index in [0.717, 1.165) is 16.6 Å². The monoisotopic (exact) mass is 257 g/mol. The highest BCUT2D eigenvalue weighted by Gasteiger charge is 2.12. The second kappa shape index (κ2) is 5.37. The van der Waals surface area contributed by atoms with Crippen LogP contribution in [0.2, 0.25) is 0 Å².